The summed E-state index contributed by atoms with van der Waals surface area (Å²) in [7, 11) is 0. The topological polar surface area (TPSA) is 17.3 Å². The molecule has 2 nitrogen and oxygen atoms in total. The Balaban J connectivity index is 0.000000720. The largest absolute Gasteiger partial charge is 0.655 e. The second-order valence-electron chi connectivity index (χ2n) is 4.08. The molecule has 0 saturated carbocycles. The zero-order valence-electron chi connectivity index (χ0n) is 7.83. The van der Waals surface area contributed by atoms with E-state index in [1.54, 1.807) is 0 Å². The number of piperazine rings is 1. The molecule has 0 aliphatic carbocycles. The minimum absolute atomic E-state index is 0. The molecule has 2 aliphatic heterocycles. The summed E-state index contributed by atoms with van der Waals surface area (Å²) in [5.74, 6) is 0. The Hall–Kier alpha value is 0.582. The predicted molar refractivity (Wildman–Crippen MR) is 46.9 cm³/mol. The second-order valence-corrected chi connectivity index (χ2v) is 4.08. The van der Waals surface area contributed by atoms with Gasteiger partial charge in [-0.2, -0.15) is 0 Å². The quantitative estimate of drug-likeness (QED) is 0.710. The van der Waals surface area contributed by atoms with E-state index in [-0.39, 0.29) is 20.4 Å². The molecule has 2 rings (SSSR count). The number of likely N-dealkylation sites (tertiary alicyclic amines) is 1. The maximum atomic E-state index is 4.68. The molecule has 2 bridgehead atoms. The van der Waals surface area contributed by atoms with Crippen molar-refractivity contribution in [2.24, 2.45) is 0 Å². The summed E-state index contributed by atoms with van der Waals surface area (Å²) >= 11 is 0. The van der Waals surface area contributed by atoms with Crippen molar-refractivity contribution < 1.29 is 20.4 Å². The summed E-state index contributed by atoms with van der Waals surface area (Å²) in [4.78, 5) is 2.56. The van der Waals surface area contributed by atoms with E-state index in [0.29, 0.717) is 18.1 Å². The Morgan fingerprint density at radius 2 is 1.67 bits per heavy atom. The molecule has 2 aliphatic rings. The monoisotopic (exact) mass is 340 g/mol. The minimum atomic E-state index is 0. The molecular weight excluding hydrogens is 322 g/mol. The molecule has 12 heavy (non-hydrogen) atoms. The first-order valence-corrected chi connectivity index (χ1v) is 4.69. The van der Waals surface area contributed by atoms with Crippen molar-refractivity contribution in [2.45, 2.75) is 44.8 Å². The van der Waals surface area contributed by atoms with Gasteiger partial charge in [0.15, 0.2) is 0 Å². The smallest absolute Gasteiger partial charge is 0.00373 e. The number of hydrogen-bond donors (Lipinski definition) is 0. The van der Waals surface area contributed by atoms with Gasteiger partial charge < -0.3 is 10.2 Å². The third-order valence-corrected chi connectivity index (χ3v) is 2.88. The van der Waals surface area contributed by atoms with Gasteiger partial charge in [0.05, 0.1) is 0 Å². The maximum Gasteiger partial charge on any atom is 0.00373 e. The molecule has 1 radical (unpaired) electrons. The molecule has 0 aromatic rings. The van der Waals surface area contributed by atoms with Crippen LogP contribution in [0.15, 0.2) is 0 Å². The van der Waals surface area contributed by atoms with Crippen LogP contribution in [0, 0.1) is 0 Å². The Labute approximate surface area is 88.7 Å². The number of hydrogen-bond acceptors (Lipinski definition) is 1. The zero-order valence-corrected chi connectivity index (χ0v) is 10.5. The van der Waals surface area contributed by atoms with Crippen LogP contribution < -0.4 is 0 Å². The summed E-state index contributed by atoms with van der Waals surface area (Å²) in [6, 6.07) is 2.07. The molecule has 0 aromatic carbocycles. The van der Waals surface area contributed by atoms with E-state index in [2.05, 4.69) is 24.1 Å². The first-order valence-electron chi connectivity index (χ1n) is 4.69. The third kappa shape index (κ3) is 2.09. The first kappa shape index (κ1) is 10.7. The van der Waals surface area contributed by atoms with Gasteiger partial charge in [-0.05, 0) is 26.9 Å². The SMILES string of the molecule is CC(C)N1CC2CCC(C1)[N-]2.[Re]. The fraction of sp³-hybridized carbons (Fsp3) is 1.00. The Kier molecular flexibility index (Phi) is 3.73. The van der Waals surface area contributed by atoms with E-state index in [1.165, 1.54) is 25.9 Å². The van der Waals surface area contributed by atoms with Gasteiger partial charge in [0, 0.05) is 26.5 Å². The Morgan fingerprint density at radius 1 is 1.17 bits per heavy atom. The molecule has 3 heteroatoms. The van der Waals surface area contributed by atoms with E-state index >= 15 is 0 Å². The Bertz CT molecular complexity index is 137. The number of rotatable bonds is 1. The fourth-order valence-electron chi connectivity index (χ4n) is 2.15. The van der Waals surface area contributed by atoms with Crippen molar-refractivity contribution in [3.63, 3.8) is 0 Å². The van der Waals surface area contributed by atoms with Crippen LogP contribution in [-0.4, -0.2) is 36.1 Å². The van der Waals surface area contributed by atoms with E-state index in [0.717, 1.165) is 0 Å². The molecule has 0 spiro atoms. The molecule has 2 fully saturated rings. The van der Waals surface area contributed by atoms with Crippen molar-refractivity contribution in [2.75, 3.05) is 13.1 Å². The van der Waals surface area contributed by atoms with Gasteiger partial charge in [-0.1, -0.05) is 12.8 Å². The first-order chi connectivity index (χ1) is 5.25. The van der Waals surface area contributed by atoms with Gasteiger partial charge in [-0.15, -0.1) is 12.1 Å². The van der Waals surface area contributed by atoms with Gasteiger partial charge >= 0.3 is 0 Å². The van der Waals surface area contributed by atoms with Crippen LogP contribution in [-0.2, 0) is 20.4 Å². The predicted octanol–water partition coefficient (Wildman–Crippen LogP) is 1.61. The Morgan fingerprint density at radius 3 is 2.08 bits per heavy atom. The van der Waals surface area contributed by atoms with Crippen LogP contribution >= 0.6 is 0 Å². The van der Waals surface area contributed by atoms with E-state index in [1.807, 2.05) is 0 Å². The van der Waals surface area contributed by atoms with E-state index in [9.17, 15) is 0 Å². The molecular formula is C9H17N2Re-. The van der Waals surface area contributed by atoms with Gasteiger partial charge in [-0.25, -0.2) is 0 Å². The maximum absolute atomic E-state index is 4.68. The van der Waals surface area contributed by atoms with E-state index < -0.39 is 0 Å². The molecule has 2 saturated heterocycles. The average Bonchev–Trinajstić information content (AvgIpc) is 2.30. The minimum Gasteiger partial charge on any atom is -0.655 e. The van der Waals surface area contributed by atoms with Crippen LogP contribution in [0.25, 0.3) is 5.32 Å². The molecule has 71 valence electrons. The summed E-state index contributed by atoms with van der Waals surface area (Å²) in [6.07, 6.45) is 2.68. The summed E-state index contributed by atoms with van der Waals surface area (Å²) in [6.45, 7) is 7.00. The summed E-state index contributed by atoms with van der Waals surface area (Å²) < 4.78 is 0. The summed E-state index contributed by atoms with van der Waals surface area (Å²) in [5.41, 5.74) is 0. The average molecular weight is 339 g/mol. The van der Waals surface area contributed by atoms with Gasteiger partial charge in [0.1, 0.15) is 0 Å². The molecule has 2 heterocycles. The zero-order chi connectivity index (χ0) is 7.84. The van der Waals surface area contributed by atoms with Gasteiger partial charge in [-0.3, -0.25) is 0 Å². The van der Waals surface area contributed by atoms with Crippen LogP contribution in [0.1, 0.15) is 26.7 Å². The molecule has 0 amide bonds. The molecule has 0 N–H and O–H groups in total. The molecule has 2 unspecified atom stereocenters. The van der Waals surface area contributed by atoms with Crippen molar-refractivity contribution in [1.82, 2.24) is 4.90 Å². The van der Waals surface area contributed by atoms with Crippen LogP contribution in [0.5, 0.6) is 0 Å². The van der Waals surface area contributed by atoms with Crippen molar-refractivity contribution in [3.8, 4) is 0 Å². The van der Waals surface area contributed by atoms with E-state index in [4.69, 9.17) is 0 Å². The molecule has 0 aromatic heterocycles. The van der Waals surface area contributed by atoms with Crippen molar-refractivity contribution in [1.29, 1.82) is 0 Å². The standard InChI is InChI=1S/C9H17N2.Re/c1-7(2)11-5-8-3-4-9(6-11)10-8;/h7-9H,3-6H2,1-2H3;/q-1;. The van der Waals surface area contributed by atoms with Crippen molar-refractivity contribution in [3.05, 3.63) is 5.32 Å². The third-order valence-electron chi connectivity index (χ3n) is 2.88. The van der Waals surface area contributed by atoms with Crippen LogP contribution in [0.2, 0.25) is 0 Å². The second kappa shape index (κ2) is 4.20. The molecule has 2 atom stereocenters. The van der Waals surface area contributed by atoms with Gasteiger partial charge in [0.25, 0.3) is 0 Å². The van der Waals surface area contributed by atoms with Crippen LogP contribution in [0.3, 0.4) is 0 Å². The summed E-state index contributed by atoms with van der Waals surface area (Å²) in [5, 5.41) is 4.68. The fourth-order valence-corrected chi connectivity index (χ4v) is 2.15. The number of fused-ring (bicyclic) bond motifs is 2. The number of nitrogens with zero attached hydrogens (tertiary/aromatic N) is 2. The van der Waals surface area contributed by atoms with Crippen molar-refractivity contribution >= 4 is 0 Å². The van der Waals surface area contributed by atoms with Gasteiger partial charge in [0.2, 0.25) is 0 Å². The normalized spacial score (nSPS) is 35.2. The van der Waals surface area contributed by atoms with Crippen LogP contribution in [0.4, 0.5) is 0 Å².